The van der Waals surface area contributed by atoms with Gasteiger partial charge in [0.05, 0.1) is 6.04 Å². The van der Waals surface area contributed by atoms with E-state index >= 15 is 0 Å². The third-order valence-corrected chi connectivity index (χ3v) is 2.96. The fourth-order valence-electron chi connectivity index (χ4n) is 2.10. The van der Waals surface area contributed by atoms with Gasteiger partial charge in [-0.15, -0.1) is 0 Å². The first kappa shape index (κ1) is 7.94. The topological polar surface area (TPSA) is 55.0 Å². The Kier molecular flexibility index (Phi) is 1.44. The number of rotatable bonds is 1. The van der Waals surface area contributed by atoms with Crippen LogP contribution in [0, 0.1) is 12.8 Å². The Balaban J connectivity index is 1.95. The maximum absolute atomic E-state index is 5.94. The lowest BCUT2D eigenvalue weighted by atomic mass is 9.92. The van der Waals surface area contributed by atoms with E-state index in [0.29, 0.717) is 5.92 Å². The predicted octanol–water partition coefficient (Wildman–Crippen LogP) is 0.446. The quantitative estimate of drug-likeness (QED) is 0.695. The van der Waals surface area contributed by atoms with Crippen LogP contribution in [0.25, 0.3) is 0 Å². The van der Waals surface area contributed by atoms with E-state index in [1.54, 1.807) is 6.33 Å². The average Bonchev–Trinajstić information content (AvgIpc) is 2.74. The van der Waals surface area contributed by atoms with E-state index in [9.17, 15) is 0 Å². The first-order valence-electron chi connectivity index (χ1n) is 4.79. The summed E-state index contributed by atoms with van der Waals surface area (Å²) in [6.07, 6.45) is 3.83. The highest BCUT2D eigenvalue weighted by atomic mass is 15.3. The van der Waals surface area contributed by atoms with Crippen molar-refractivity contribution in [1.29, 1.82) is 0 Å². The monoisotopic (exact) mass is 188 g/mol. The summed E-state index contributed by atoms with van der Waals surface area (Å²) in [4.78, 5) is 10.5. The molecule has 1 saturated heterocycles. The summed E-state index contributed by atoms with van der Waals surface area (Å²) in [5, 5.41) is 0. The number of nitrogens with two attached hydrogens (primary N) is 1. The molecule has 0 saturated carbocycles. The lowest BCUT2D eigenvalue weighted by Gasteiger charge is -2.23. The summed E-state index contributed by atoms with van der Waals surface area (Å²) in [6, 6.07) is 2.22. The summed E-state index contributed by atoms with van der Waals surface area (Å²) in [5.41, 5.74) is 8.15. The number of aromatic nitrogens is 2. The van der Waals surface area contributed by atoms with Crippen molar-refractivity contribution in [2.24, 2.45) is 11.7 Å². The van der Waals surface area contributed by atoms with Crippen LogP contribution in [0.15, 0.2) is 24.2 Å². The number of anilines is 1. The minimum Gasteiger partial charge on any atom is -0.328 e. The van der Waals surface area contributed by atoms with E-state index in [1.807, 2.05) is 13.0 Å². The van der Waals surface area contributed by atoms with Crippen LogP contribution in [0.5, 0.6) is 0 Å². The molecular weight excluding hydrogens is 176 g/mol. The van der Waals surface area contributed by atoms with Gasteiger partial charge in [0.15, 0.2) is 0 Å². The van der Waals surface area contributed by atoms with E-state index < -0.39 is 0 Å². The van der Waals surface area contributed by atoms with Crippen LogP contribution in [0.1, 0.15) is 5.69 Å². The van der Waals surface area contributed by atoms with Crippen molar-refractivity contribution in [2.45, 2.75) is 13.0 Å². The largest absolute Gasteiger partial charge is 0.328 e. The maximum atomic E-state index is 5.94. The zero-order chi connectivity index (χ0) is 9.71. The van der Waals surface area contributed by atoms with Gasteiger partial charge in [-0.25, -0.2) is 9.97 Å². The van der Waals surface area contributed by atoms with E-state index in [-0.39, 0.29) is 6.04 Å². The van der Waals surface area contributed by atoms with Crippen LogP contribution in [0.4, 0.5) is 5.82 Å². The molecule has 2 atom stereocenters. The summed E-state index contributed by atoms with van der Waals surface area (Å²) >= 11 is 0. The van der Waals surface area contributed by atoms with Crippen molar-refractivity contribution in [3.63, 3.8) is 0 Å². The second kappa shape index (κ2) is 2.54. The number of hydrogen-bond acceptors (Lipinski definition) is 4. The third-order valence-electron chi connectivity index (χ3n) is 2.96. The number of fused-ring (bicyclic) bond motifs is 1. The smallest absolute Gasteiger partial charge is 0.136 e. The molecular formula is C10H12N4. The zero-order valence-corrected chi connectivity index (χ0v) is 8.01. The molecule has 1 fully saturated rings. The molecule has 0 aromatic carbocycles. The molecule has 2 aliphatic heterocycles. The highest BCUT2D eigenvalue weighted by molar-refractivity contribution is 5.56. The van der Waals surface area contributed by atoms with Crippen molar-refractivity contribution in [2.75, 3.05) is 11.4 Å². The van der Waals surface area contributed by atoms with Gasteiger partial charge in [0.25, 0.3) is 0 Å². The van der Waals surface area contributed by atoms with Gasteiger partial charge in [-0.3, -0.25) is 0 Å². The molecule has 1 aromatic rings. The molecule has 2 N–H and O–H groups in total. The maximum Gasteiger partial charge on any atom is 0.136 e. The SMILES string of the molecule is Cc1cc(N2CC3C=C2C3N)ncn1. The van der Waals surface area contributed by atoms with Crippen molar-refractivity contribution in [3.05, 3.63) is 29.9 Å². The summed E-state index contributed by atoms with van der Waals surface area (Å²) in [5.74, 6) is 1.50. The van der Waals surface area contributed by atoms with Gasteiger partial charge >= 0.3 is 0 Å². The van der Waals surface area contributed by atoms with E-state index in [4.69, 9.17) is 5.73 Å². The Bertz CT molecular complexity index is 412. The average molecular weight is 188 g/mol. The Morgan fingerprint density at radius 2 is 2.36 bits per heavy atom. The molecule has 4 heteroatoms. The lowest BCUT2D eigenvalue weighted by Crippen LogP contribution is -2.34. The number of hydrogen-bond donors (Lipinski definition) is 1. The zero-order valence-electron chi connectivity index (χ0n) is 8.01. The van der Waals surface area contributed by atoms with Crippen molar-refractivity contribution < 1.29 is 0 Å². The highest BCUT2D eigenvalue weighted by Crippen LogP contribution is 2.39. The highest BCUT2D eigenvalue weighted by Gasteiger charge is 2.42. The Labute approximate surface area is 82.5 Å². The molecule has 3 aliphatic rings. The van der Waals surface area contributed by atoms with Crippen LogP contribution < -0.4 is 10.6 Å². The Hall–Kier alpha value is -1.42. The van der Waals surface area contributed by atoms with Crippen molar-refractivity contribution in [3.8, 4) is 0 Å². The standard InChI is InChI=1S/C10H12N4/c1-6-2-9(13-5-12-6)14-4-7-3-8(14)10(7)11/h2-3,5,7,10H,4,11H2,1H3. The van der Waals surface area contributed by atoms with Gasteiger partial charge in [-0.2, -0.15) is 0 Å². The molecule has 0 spiro atoms. The van der Waals surface area contributed by atoms with Crippen LogP contribution in [-0.2, 0) is 0 Å². The van der Waals surface area contributed by atoms with Gasteiger partial charge in [0.1, 0.15) is 12.1 Å². The number of aryl methyl sites for hydroxylation is 1. The molecule has 4 rings (SSSR count). The molecule has 1 aromatic heterocycles. The third kappa shape index (κ3) is 0.915. The van der Waals surface area contributed by atoms with Crippen LogP contribution in [0.2, 0.25) is 0 Å². The second-order valence-corrected chi connectivity index (χ2v) is 3.91. The molecule has 2 bridgehead atoms. The van der Waals surface area contributed by atoms with Crippen molar-refractivity contribution >= 4 is 5.82 Å². The van der Waals surface area contributed by atoms with Gasteiger partial charge in [0.2, 0.25) is 0 Å². The van der Waals surface area contributed by atoms with E-state index in [1.165, 1.54) is 5.70 Å². The van der Waals surface area contributed by atoms with E-state index in [0.717, 1.165) is 18.1 Å². The minimum atomic E-state index is 0.227. The summed E-state index contributed by atoms with van der Waals surface area (Å²) < 4.78 is 0. The fraction of sp³-hybridized carbons (Fsp3) is 0.400. The van der Waals surface area contributed by atoms with E-state index in [2.05, 4.69) is 20.9 Å². The van der Waals surface area contributed by atoms with Crippen LogP contribution in [0.3, 0.4) is 0 Å². The molecule has 2 unspecified atom stereocenters. The summed E-state index contributed by atoms with van der Waals surface area (Å²) in [6.45, 7) is 2.95. The molecule has 72 valence electrons. The van der Waals surface area contributed by atoms with Crippen LogP contribution in [-0.4, -0.2) is 22.6 Å². The Morgan fingerprint density at radius 1 is 1.50 bits per heavy atom. The molecule has 0 radical (unpaired) electrons. The lowest BCUT2D eigenvalue weighted by molar-refractivity contribution is 0.596. The van der Waals surface area contributed by atoms with Gasteiger partial charge < -0.3 is 10.6 Å². The first-order chi connectivity index (χ1) is 6.75. The van der Waals surface area contributed by atoms with Crippen LogP contribution >= 0.6 is 0 Å². The predicted molar refractivity (Wildman–Crippen MR) is 53.7 cm³/mol. The van der Waals surface area contributed by atoms with Gasteiger partial charge in [-0.05, 0) is 6.92 Å². The molecule has 1 aliphatic carbocycles. The fourth-order valence-corrected chi connectivity index (χ4v) is 2.10. The Morgan fingerprint density at radius 3 is 2.93 bits per heavy atom. The minimum absolute atomic E-state index is 0.227. The molecule has 0 amide bonds. The van der Waals surface area contributed by atoms with Gasteiger partial charge in [0, 0.05) is 29.9 Å². The normalized spacial score (nSPS) is 28.7. The first-order valence-corrected chi connectivity index (χ1v) is 4.79. The number of nitrogens with zero attached hydrogens (tertiary/aromatic N) is 3. The summed E-state index contributed by atoms with van der Waals surface area (Å²) in [7, 11) is 0. The van der Waals surface area contributed by atoms with Gasteiger partial charge in [-0.1, -0.05) is 6.08 Å². The molecule has 4 nitrogen and oxygen atoms in total. The van der Waals surface area contributed by atoms with Crippen molar-refractivity contribution in [1.82, 2.24) is 9.97 Å². The second-order valence-electron chi connectivity index (χ2n) is 3.91. The molecule has 3 heterocycles. The molecule has 14 heavy (non-hydrogen) atoms.